The van der Waals surface area contributed by atoms with E-state index in [1.54, 1.807) is 0 Å². The van der Waals surface area contributed by atoms with Gasteiger partial charge in [0.25, 0.3) is 0 Å². The lowest BCUT2D eigenvalue weighted by Crippen LogP contribution is -2.45. The molecule has 0 saturated carbocycles. The highest BCUT2D eigenvalue weighted by molar-refractivity contribution is 7.71. The number of primary amides is 1. The number of carbonyl (C=O) groups excluding carboxylic acids is 1. The number of hydrogen-bond acceptors (Lipinski definition) is 3. The van der Waals surface area contributed by atoms with Crippen molar-refractivity contribution >= 4 is 18.1 Å². The van der Waals surface area contributed by atoms with Crippen LogP contribution in [0.5, 0.6) is 0 Å². The summed E-state index contributed by atoms with van der Waals surface area (Å²) in [6, 6.07) is 0. The zero-order chi connectivity index (χ0) is 10.2. The Labute approximate surface area is 78.7 Å². The Balaban J connectivity index is 3.46. The smallest absolute Gasteiger partial charge is 0.343 e. The molecule has 13 heavy (non-hydrogen) atoms. The summed E-state index contributed by atoms with van der Waals surface area (Å²) >= 11 is 4.81. The summed E-state index contributed by atoms with van der Waals surface area (Å²) in [4.78, 5) is 22.2. The van der Waals surface area contributed by atoms with Crippen LogP contribution in [0, 0.1) is 4.77 Å². The highest BCUT2D eigenvalue weighted by Gasteiger charge is 2.29. The van der Waals surface area contributed by atoms with Crippen molar-refractivity contribution in [3.8, 4) is 0 Å². The highest BCUT2D eigenvalue weighted by atomic mass is 32.1. The number of nitrogens with one attached hydrogen (secondary N) is 2. The molecule has 4 N–H and O–H groups in total. The Morgan fingerprint density at radius 2 is 2.08 bits per heavy atom. The fourth-order valence-corrected chi connectivity index (χ4v) is 1.29. The summed E-state index contributed by atoms with van der Waals surface area (Å²) in [5.74, 6) is -0.617. The van der Waals surface area contributed by atoms with Crippen LogP contribution in [0.4, 0.5) is 0 Å². The van der Waals surface area contributed by atoms with Crippen LogP contribution in [0.1, 0.15) is 13.8 Å². The first-order valence-electron chi connectivity index (χ1n) is 3.57. The van der Waals surface area contributed by atoms with Crippen molar-refractivity contribution in [2.45, 2.75) is 19.4 Å². The van der Waals surface area contributed by atoms with Crippen molar-refractivity contribution in [3.63, 3.8) is 0 Å². The number of amides is 1. The number of hydrogen-bond donors (Lipinski definition) is 3. The monoisotopic (exact) mass is 202 g/mol. The topological polar surface area (TPSA) is 96.7 Å². The van der Waals surface area contributed by atoms with E-state index in [4.69, 9.17) is 18.0 Å². The van der Waals surface area contributed by atoms with Crippen molar-refractivity contribution in [3.05, 3.63) is 15.3 Å². The molecular weight excluding hydrogens is 192 g/mol. The molecule has 1 aromatic rings. The van der Waals surface area contributed by atoms with E-state index in [0.29, 0.717) is 0 Å². The minimum atomic E-state index is -1.12. The fourth-order valence-electron chi connectivity index (χ4n) is 0.929. The van der Waals surface area contributed by atoms with Crippen molar-refractivity contribution in [2.75, 3.05) is 0 Å². The Bertz CT molecular complexity index is 410. The normalized spacial score (nSPS) is 11.5. The van der Waals surface area contributed by atoms with Crippen LogP contribution in [-0.2, 0) is 10.3 Å². The second-order valence-electron chi connectivity index (χ2n) is 3.12. The van der Waals surface area contributed by atoms with Gasteiger partial charge in [0.2, 0.25) is 5.91 Å². The van der Waals surface area contributed by atoms with Gasteiger partial charge in [-0.2, -0.15) is 0 Å². The molecule has 1 aromatic heterocycles. The van der Waals surface area contributed by atoms with Crippen LogP contribution in [0.15, 0.2) is 4.79 Å². The van der Waals surface area contributed by atoms with E-state index in [-0.39, 0.29) is 4.77 Å². The third kappa shape index (κ3) is 1.42. The molecule has 1 rings (SSSR count). The third-order valence-corrected chi connectivity index (χ3v) is 2.13. The molecule has 0 aromatic carbocycles. The van der Waals surface area contributed by atoms with E-state index >= 15 is 0 Å². The lowest BCUT2D eigenvalue weighted by molar-refractivity contribution is -0.125. The Morgan fingerprint density at radius 1 is 1.54 bits per heavy atom. The van der Waals surface area contributed by atoms with Gasteiger partial charge in [-0.15, -0.1) is 0 Å². The summed E-state index contributed by atoms with van der Waals surface area (Å²) in [6.45, 7) is 3.04. The van der Waals surface area contributed by atoms with Gasteiger partial charge in [0, 0.05) is 0 Å². The third-order valence-electron chi connectivity index (χ3n) is 1.84. The standard InChI is InChI=1S/C6H10N4O2S/c1-6(2,3(7)11)10-4(12)8-9-5(10)13/h1-2H3,(H2,7,11)(H,8,12)(H,9,13). The van der Waals surface area contributed by atoms with Gasteiger partial charge in [0.15, 0.2) is 4.77 Å². The summed E-state index contributed by atoms with van der Waals surface area (Å²) in [7, 11) is 0. The molecule has 0 unspecified atom stereocenters. The molecule has 0 aliphatic rings. The quantitative estimate of drug-likeness (QED) is 0.561. The molecule has 0 bridgehead atoms. The number of rotatable bonds is 2. The molecule has 0 saturated heterocycles. The molecule has 0 fully saturated rings. The summed E-state index contributed by atoms with van der Waals surface area (Å²) < 4.78 is 1.25. The van der Waals surface area contributed by atoms with Gasteiger partial charge in [-0.25, -0.2) is 9.89 Å². The molecule has 1 amide bonds. The molecule has 0 radical (unpaired) electrons. The van der Waals surface area contributed by atoms with Crippen molar-refractivity contribution in [2.24, 2.45) is 5.73 Å². The molecular formula is C6H10N4O2S. The molecule has 0 aliphatic heterocycles. The molecule has 72 valence electrons. The van der Waals surface area contributed by atoms with E-state index < -0.39 is 17.1 Å². The lowest BCUT2D eigenvalue weighted by Gasteiger charge is -2.20. The Kier molecular flexibility index (Phi) is 2.12. The van der Waals surface area contributed by atoms with E-state index in [9.17, 15) is 9.59 Å². The molecule has 0 spiro atoms. The predicted octanol–water partition coefficient (Wildman–Crippen LogP) is -0.546. The van der Waals surface area contributed by atoms with Crippen LogP contribution in [-0.4, -0.2) is 20.7 Å². The van der Waals surface area contributed by atoms with Gasteiger partial charge in [-0.3, -0.25) is 14.5 Å². The van der Waals surface area contributed by atoms with Crippen LogP contribution in [0.2, 0.25) is 0 Å². The number of H-pyrrole nitrogens is 2. The van der Waals surface area contributed by atoms with E-state index in [1.165, 1.54) is 13.8 Å². The SMILES string of the molecule is CC(C)(C(N)=O)n1c(=O)[nH][nH]c1=S. The van der Waals surface area contributed by atoms with Crippen LogP contribution >= 0.6 is 12.2 Å². The van der Waals surface area contributed by atoms with Gasteiger partial charge in [-0.05, 0) is 26.1 Å². The minimum Gasteiger partial charge on any atom is -0.368 e. The van der Waals surface area contributed by atoms with Crippen molar-refractivity contribution in [1.29, 1.82) is 0 Å². The molecule has 0 aliphatic carbocycles. The zero-order valence-corrected chi connectivity index (χ0v) is 8.07. The second kappa shape index (κ2) is 2.84. The number of nitrogens with two attached hydrogens (primary N) is 1. The molecule has 1 heterocycles. The summed E-state index contributed by atoms with van der Waals surface area (Å²) in [6.07, 6.45) is 0. The maximum absolute atomic E-state index is 11.2. The first kappa shape index (κ1) is 9.72. The average Bonchev–Trinajstić information content (AvgIpc) is 2.30. The van der Waals surface area contributed by atoms with E-state index in [2.05, 4.69) is 10.2 Å². The number of aromatic nitrogens is 3. The van der Waals surface area contributed by atoms with E-state index in [0.717, 1.165) is 4.57 Å². The summed E-state index contributed by atoms with van der Waals surface area (Å²) in [5.41, 5.74) is 3.53. The van der Waals surface area contributed by atoms with Gasteiger partial charge in [0.05, 0.1) is 0 Å². The van der Waals surface area contributed by atoms with Gasteiger partial charge in [-0.1, -0.05) is 0 Å². The first-order valence-corrected chi connectivity index (χ1v) is 3.98. The Morgan fingerprint density at radius 3 is 2.38 bits per heavy atom. The molecule has 7 heteroatoms. The van der Waals surface area contributed by atoms with E-state index in [1.807, 2.05) is 0 Å². The largest absolute Gasteiger partial charge is 0.368 e. The maximum atomic E-state index is 11.2. The Hall–Kier alpha value is -1.37. The number of carbonyl (C=O) groups is 1. The van der Waals surface area contributed by atoms with Crippen LogP contribution in [0.3, 0.4) is 0 Å². The average molecular weight is 202 g/mol. The summed E-state index contributed by atoms with van der Waals surface area (Å²) in [5, 5.41) is 4.70. The molecule has 0 atom stereocenters. The zero-order valence-electron chi connectivity index (χ0n) is 7.25. The fraction of sp³-hybridized carbons (Fsp3) is 0.500. The molecule has 6 nitrogen and oxygen atoms in total. The second-order valence-corrected chi connectivity index (χ2v) is 3.51. The van der Waals surface area contributed by atoms with Gasteiger partial charge in [0.1, 0.15) is 5.54 Å². The number of nitrogens with zero attached hydrogens (tertiary/aromatic N) is 1. The lowest BCUT2D eigenvalue weighted by atomic mass is 10.1. The highest BCUT2D eigenvalue weighted by Crippen LogP contribution is 2.10. The minimum absolute atomic E-state index is 0.147. The van der Waals surface area contributed by atoms with Crippen molar-refractivity contribution in [1.82, 2.24) is 14.8 Å². The van der Waals surface area contributed by atoms with Crippen LogP contribution < -0.4 is 11.4 Å². The van der Waals surface area contributed by atoms with Gasteiger partial charge >= 0.3 is 5.69 Å². The number of aromatic amines is 2. The first-order chi connectivity index (χ1) is 5.87. The maximum Gasteiger partial charge on any atom is 0.343 e. The van der Waals surface area contributed by atoms with Gasteiger partial charge < -0.3 is 5.73 Å². The van der Waals surface area contributed by atoms with Crippen molar-refractivity contribution < 1.29 is 4.79 Å². The predicted molar refractivity (Wildman–Crippen MR) is 48.8 cm³/mol. The van der Waals surface area contributed by atoms with Crippen LogP contribution in [0.25, 0.3) is 0 Å².